The minimum atomic E-state index is -1.07. The number of nitrogens with zero attached hydrogens (tertiary/aromatic N) is 2. The number of cyclic esters (lactones) is 1. The highest BCUT2D eigenvalue weighted by atomic mass is 16.5. The second-order valence-corrected chi connectivity index (χ2v) is 14.2. The molecule has 3 heterocycles. The van der Waals surface area contributed by atoms with Crippen molar-refractivity contribution in [2.24, 2.45) is 16.7 Å². The molecule has 45 heavy (non-hydrogen) atoms. The van der Waals surface area contributed by atoms with Crippen LogP contribution in [0.3, 0.4) is 0 Å². The Kier molecular flexibility index (Phi) is 9.35. The monoisotopic (exact) mass is 617 g/mol. The van der Waals surface area contributed by atoms with E-state index in [2.05, 4.69) is 29.9 Å². The van der Waals surface area contributed by atoms with E-state index in [1.165, 1.54) is 5.01 Å². The van der Waals surface area contributed by atoms with Gasteiger partial charge in [0.2, 0.25) is 5.91 Å². The fourth-order valence-electron chi connectivity index (χ4n) is 6.89. The number of carbonyl (C=O) groups is 4. The van der Waals surface area contributed by atoms with Gasteiger partial charge in [-0.2, -0.15) is 0 Å². The molecule has 3 N–H and O–H groups in total. The highest BCUT2D eigenvalue weighted by Crippen LogP contribution is 2.48. The number of ether oxygens (including phenoxy) is 1. The zero-order chi connectivity index (χ0) is 32.5. The van der Waals surface area contributed by atoms with Crippen molar-refractivity contribution in [3.05, 3.63) is 47.7 Å². The van der Waals surface area contributed by atoms with Crippen LogP contribution in [-0.4, -0.2) is 58.4 Å². The Morgan fingerprint density at radius 3 is 2.42 bits per heavy atom. The van der Waals surface area contributed by atoms with Gasteiger partial charge in [-0.25, -0.2) is 5.43 Å². The first kappa shape index (κ1) is 32.6. The number of aromatic nitrogens is 1. The number of hydrazine groups is 1. The van der Waals surface area contributed by atoms with Gasteiger partial charge in [0.15, 0.2) is 6.10 Å². The van der Waals surface area contributed by atoms with E-state index in [0.717, 1.165) is 35.0 Å². The largest absolute Gasteiger partial charge is 0.451 e. The van der Waals surface area contributed by atoms with Crippen LogP contribution >= 0.6 is 0 Å². The number of amides is 3. The molecule has 3 aliphatic rings. The molecule has 1 aromatic carbocycles. The van der Waals surface area contributed by atoms with Crippen molar-refractivity contribution in [1.82, 2.24) is 26.1 Å². The standard InChI is InChI=1S/C35H47N5O5/c1-21(2)29-31(42)37-23(4)32(43)40-18-7-9-27(39-40)30(41)36-22(3)26-13-12-25-11-10-24(19-28(25)38-26)14-17-35(33(44)45-29)16-8-15-34(5,6)20-35/h10-14,17,19,21-23,27,29,39H,7-9,15-16,18,20H2,1-6H3,(H,36,41)(H,37,42)/b17-14+/t22-,23+,27+,29+,35-/m1/s1. The Balaban J connectivity index is 1.55. The zero-order valence-electron chi connectivity index (χ0n) is 27.3. The van der Waals surface area contributed by atoms with Gasteiger partial charge in [0.25, 0.3) is 11.8 Å². The van der Waals surface area contributed by atoms with Gasteiger partial charge >= 0.3 is 5.97 Å². The van der Waals surface area contributed by atoms with Crippen molar-refractivity contribution in [3.8, 4) is 0 Å². The molecular formula is C35H47N5O5. The Bertz CT molecular complexity index is 1500. The van der Waals surface area contributed by atoms with E-state index in [4.69, 9.17) is 9.72 Å². The molecule has 1 aliphatic carbocycles. The average Bonchev–Trinajstić information content (AvgIpc) is 3.00. The summed E-state index contributed by atoms with van der Waals surface area (Å²) < 4.78 is 6.07. The molecule has 2 aromatic rings. The SMILES string of the molecule is CC(C)[C@@H]1OC(=O)[C@@]2(/C=C/c3ccc4ccc(nc4c3)[C@@H](C)NC(=O)[C@@H]3CCCN(N3)C(=O)[C@H](C)NC1=O)CCCC(C)(C)C2. The molecule has 5 rings (SSSR count). The molecule has 1 spiro atoms. The lowest BCUT2D eigenvalue weighted by Gasteiger charge is -2.42. The number of benzene rings is 1. The van der Waals surface area contributed by atoms with Gasteiger partial charge in [-0.3, -0.25) is 29.2 Å². The molecule has 10 heteroatoms. The molecule has 2 aliphatic heterocycles. The van der Waals surface area contributed by atoms with Crippen LogP contribution < -0.4 is 16.1 Å². The Hall–Kier alpha value is -3.79. The summed E-state index contributed by atoms with van der Waals surface area (Å²) in [5, 5.41) is 8.19. The Labute approximate surface area is 265 Å². The van der Waals surface area contributed by atoms with Gasteiger partial charge < -0.3 is 15.4 Å². The fraction of sp³-hybridized carbons (Fsp3) is 0.571. The summed E-state index contributed by atoms with van der Waals surface area (Å²) in [6.07, 6.45) is 7.07. The minimum absolute atomic E-state index is 0.0931. The average molecular weight is 618 g/mol. The van der Waals surface area contributed by atoms with Gasteiger partial charge in [0, 0.05) is 11.9 Å². The molecule has 10 nitrogen and oxygen atoms in total. The molecule has 5 bridgehead atoms. The number of carbonyl (C=O) groups excluding carboxylic acids is 4. The number of esters is 1. The predicted octanol–water partition coefficient (Wildman–Crippen LogP) is 4.59. The van der Waals surface area contributed by atoms with E-state index in [0.29, 0.717) is 32.2 Å². The number of rotatable bonds is 1. The lowest BCUT2D eigenvalue weighted by molar-refractivity contribution is -0.169. The molecule has 0 radical (unpaired) electrons. The first-order valence-electron chi connectivity index (χ1n) is 16.3. The molecule has 1 saturated heterocycles. The summed E-state index contributed by atoms with van der Waals surface area (Å²) in [5.74, 6) is -1.86. The van der Waals surface area contributed by atoms with E-state index < -0.39 is 35.5 Å². The van der Waals surface area contributed by atoms with Crippen molar-refractivity contribution in [2.75, 3.05) is 6.54 Å². The van der Waals surface area contributed by atoms with Crippen LogP contribution in [0, 0.1) is 16.7 Å². The first-order valence-corrected chi connectivity index (χ1v) is 16.3. The molecule has 1 saturated carbocycles. The summed E-state index contributed by atoms with van der Waals surface area (Å²) in [6.45, 7) is 11.9. The lowest BCUT2D eigenvalue weighted by Crippen LogP contribution is -2.61. The topological polar surface area (TPSA) is 130 Å². The number of pyridine rings is 1. The first-order chi connectivity index (χ1) is 21.3. The normalized spacial score (nSPS) is 30.6. The van der Waals surface area contributed by atoms with Crippen molar-refractivity contribution in [2.45, 2.75) is 104 Å². The summed E-state index contributed by atoms with van der Waals surface area (Å²) in [6, 6.07) is 8.00. The number of hydrogen-bond donors (Lipinski definition) is 3. The highest BCUT2D eigenvalue weighted by Gasteiger charge is 2.46. The van der Waals surface area contributed by atoms with Gasteiger partial charge in [-0.05, 0) is 75.0 Å². The predicted molar refractivity (Wildman–Crippen MR) is 172 cm³/mol. The van der Waals surface area contributed by atoms with Crippen LogP contribution in [0.15, 0.2) is 36.4 Å². The van der Waals surface area contributed by atoms with Crippen molar-refractivity contribution in [1.29, 1.82) is 0 Å². The van der Waals surface area contributed by atoms with E-state index >= 15 is 0 Å². The molecule has 0 unspecified atom stereocenters. The van der Waals surface area contributed by atoms with E-state index in [1.54, 1.807) is 6.92 Å². The van der Waals surface area contributed by atoms with E-state index in [1.807, 2.05) is 63.3 Å². The summed E-state index contributed by atoms with van der Waals surface area (Å²) in [7, 11) is 0. The molecule has 242 valence electrons. The summed E-state index contributed by atoms with van der Waals surface area (Å²) in [4.78, 5) is 59.2. The van der Waals surface area contributed by atoms with Crippen molar-refractivity contribution < 1.29 is 23.9 Å². The second-order valence-electron chi connectivity index (χ2n) is 14.2. The molecule has 5 atom stereocenters. The van der Waals surface area contributed by atoms with Gasteiger partial charge in [0.1, 0.15) is 12.1 Å². The smallest absolute Gasteiger partial charge is 0.316 e. The van der Waals surface area contributed by atoms with Crippen LogP contribution in [-0.2, 0) is 23.9 Å². The van der Waals surface area contributed by atoms with Gasteiger partial charge in [-0.1, -0.05) is 64.5 Å². The number of fused-ring (bicyclic) bond motifs is 4. The van der Waals surface area contributed by atoms with E-state index in [9.17, 15) is 19.2 Å². The molecule has 1 aromatic heterocycles. The van der Waals surface area contributed by atoms with Crippen molar-refractivity contribution >= 4 is 40.7 Å². The van der Waals surface area contributed by atoms with Crippen LogP contribution in [0.5, 0.6) is 0 Å². The lowest BCUT2D eigenvalue weighted by atomic mass is 9.63. The quantitative estimate of drug-likeness (QED) is 0.399. The second kappa shape index (κ2) is 12.9. The Morgan fingerprint density at radius 2 is 1.69 bits per heavy atom. The van der Waals surface area contributed by atoms with Crippen molar-refractivity contribution in [3.63, 3.8) is 0 Å². The summed E-state index contributed by atoms with van der Waals surface area (Å²) in [5.41, 5.74) is 4.44. The van der Waals surface area contributed by atoms with Crippen LogP contribution in [0.2, 0.25) is 0 Å². The maximum Gasteiger partial charge on any atom is 0.316 e. The van der Waals surface area contributed by atoms with Crippen LogP contribution in [0.25, 0.3) is 17.0 Å². The highest BCUT2D eigenvalue weighted by molar-refractivity contribution is 5.92. The van der Waals surface area contributed by atoms with Crippen LogP contribution in [0.1, 0.15) is 97.4 Å². The Morgan fingerprint density at radius 1 is 0.956 bits per heavy atom. The zero-order valence-corrected chi connectivity index (χ0v) is 27.3. The van der Waals surface area contributed by atoms with Gasteiger partial charge in [0.05, 0.1) is 22.7 Å². The maximum absolute atomic E-state index is 14.1. The molecule has 2 fully saturated rings. The third kappa shape index (κ3) is 7.21. The molecule has 3 amide bonds. The minimum Gasteiger partial charge on any atom is -0.451 e. The molecular weight excluding hydrogens is 570 g/mol. The third-order valence-electron chi connectivity index (χ3n) is 9.41. The number of hydrogen-bond acceptors (Lipinski definition) is 7. The fourth-order valence-corrected chi connectivity index (χ4v) is 6.89. The van der Waals surface area contributed by atoms with Crippen LogP contribution in [0.4, 0.5) is 0 Å². The van der Waals surface area contributed by atoms with E-state index in [-0.39, 0.29) is 29.2 Å². The number of nitrogens with one attached hydrogen (secondary N) is 3. The maximum atomic E-state index is 14.1. The summed E-state index contributed by atoms with van der Waals surface area (Å²) >= 11 is 0. The van der Waals surface area contributed by atoms with Gasteiger partial charge in [-0.15, -0.1) is 0 Å². The third-order valence-corrected chi connectivity index (χ3v) is 9.41.